The van der Waals surface area contributed by atoms with Crippen molar-refractivity contribution in [2.45, 2.75) is 13.3 Å². The maximum absolute atomic E-state index is 13.2. The fourth-order valence-corrected chi connectivity index (χ4v) is 1.13. The molecule has 0 radical (unpaired) electrons. The molecule has 1 aromatic carbocycles. The molecule has 1 rings (SSSR count). The number of nitrogens with one attached hydrogen (secondary N) is 1. The van der Waals surface area contributed by atoms with Gasteiger partial charge in [0.05, 0.1) is 10.5 Å². The molecule has 0 aromatic heterocycles. The second-order valence-corrected chi connectivity index (χ2v) is 3.18. The maximum Gasteiger partial charge on any atom is 0.270 e. The van der Waals surface area contributed by atoms with Crippen LogP contribution in [0, 0.1) is 15.9 Å². The largest absolute Gasteiger partial charge is 0.352 e. The smallest absolute Gasteiger partial charge is 0.270 e. The van der Waals surface area contributed by atoms with Gasteiger partial charge in [-0.1, -0.05) is 6.92 Å². The molecule has 16 heavy (non-hydrogen) atoms. The van der Waals surface area contributed by atoms with Crippen LogP contribution >= 0.6 is 0 Å². The van der Waals surface area contributed by atoms with Gasteiger partial charge in [-0.3, -0.25) is 14.9 Å². The lowest BCUT2D eigenvalue weighted by molar-refractivity contribution is -0.384. The first-order valence-corrected chi connectivity index (χ1v) is 4.78. The molecule has 0 unspecified atom stereocenters. The molecule has 1 aromatic rings. The fraction of sp³-hybridized carbons (Fsp3) is 0.300. The molecular weight excluding hydrogens is 215 g/mol. The fourth-order valence-electron chi connectivity index (χ4n) is 1.13. The van der Waals surface area contributed by atoms with Crippen molar-refractivity contribution in [2.75, 3.05) is 6.54 Å². The van der Waals surface area contributed by atoms with Gasteiger partial charge < -0.3 is 5.32 Å². The predicted molar refractivity (Wildman–Crippen MR) is 55.7 cm³/mol. The summed E-state index contributed by atoms with van der Waals surface area (Å²) in [5, 5.41) is 12.9. The zero-order valence-electron chi connectivity index (χ0n) is 8.70. The minimum Gasteiger partial charge on any atom is -0.352 e. The predicted octanol–water partition coefficient (Wildman–Crippen LogP) is 1.87. The quantitative estimate of drug-likeness (QED) is 0.629. The zero-order valence-corrected chi connectivity index (χ0v) is 8.70. The van der Waals surface area contributed by atoms with Gasteiger partial charge in [0.15, 0.2) is 0 Å². The summed E-state index contributed by atoms with van der Waals surface area (Å²) in [6.45, 7) is 2.26. The van der Waals surface area contributed by atoms with E-state index in [9.17, 15) is 19.3 Å². The van der Waals surface area contributed by atoms with Gasteiger partial charge in [-0.2, -0.15) is 0 Å². The van der Waals surface area contributed by atoms with Crippen LogP contribution in [-0.2, 0) is 0 Å². The highest BCUT2D eigenvalue weighted by atomic mass is 19.1. The van der Waals surface area contributed by atoms with E-state index in [0.29, 0.717) is 13.0 Å². The lowest BCUT2D eigenvalue weighted by Crippen LogP contribution is -2.25. The second kappa shape index (κ2) is 5.20. The standard InChI is InChI=1S/C10H11FN2O3/c1-2-5-12-10(14)8-6-7(13(15)16)3-4-9(8)11/h3-4,6H,2,5H2,1H3,(H,12,14). The molecule has 0 aliphatic carbocycles. The van der Waals surface area contributed by atoms with Crippen molar-refractivity contribution in [3.05, 3.63) is 39.7 Å². The lowest BCUT2D eigenvalue weighted by atomic mass is 10.1. The molecule has 6 heteroatoms. The normalized spacial score (nSPS) is 9.88. The second-order valence-electron chi connectivity index (χ2n) is 3.18. The number of hydrogen-bond acceptors (Lipinski definition) is 3. The number of halogens is 1. The van der Waals surface area contributed by atoms with Crippen LogP contribution in [0.4, 0.5) is 10.1 Å². The molecule has 0 atom stereocenters. The Hall–Kier alpha value is -1.98. The Kier molecular flexibility index (Phi) is 3.93. The third kappa shape index (κ3) is 2.75. The van der Waals surface area contributed by atoms with Gasteiger partial charge in [0, 0.05) is 18.7 Å². The molecular formula is C10H11FN2O3. The van der Waals surface area contributed by atoms with Crippen LogP contribution in [0.3, 0.4) is 0 Å². The van der Waals surface area contributed by atoms with E-state index < -0.39 is 16.6 Å². The van der Waals surface area contributed by atoms with E-state index in [-0.39, 0.29) is 11.3 Å². The first-order valence-electron chi connectivity index (χ1n) is 4.78. The van der Waals surface area contributed by atoms with Crippen LogP contribution in [0.15, 0.2) is 18.2 Å². The Morgan fingerprint density at radius 1 is 1.56 bits per heavy atom. The molecule has 0 spiro atoms. The third-order valence-electron chi connectivity index (χ3n) is 1.94. The number of rotatable bonds is 4. The molecule has 0 bridgehead atoms. The Morgan fingerprint density at radius 3 is 2.81 bits per heavy atom. The van der Waals surface area contributed by atoms with E-state index in [1.165, 1.54) is 0 Å². The minimum atomic E-state index is -0.765. The Balaban J connectivity index is 2.97. The number of carbonyl (C=O) groups excluding carboxylic acids is 1. The van der Waals surface area contributed by atoms with Crippen LogP contribution in [0.5, 0.6) is 0 Å². The molecule has 0 saturated carbocycles. The van der Waals surface area contributed by atoms with Crippen molar-refractivity contribution in [2.24, 2.45) is 0 Å². The number of nitro benzene ring substituents is 1. The van der Waals surface area contributed by atoms with Crippen molar-refractivity contribution in [3.63, 3.8) is 0 Å². The third-order valence-corrected chi connectivity index (χ3v) is 1.94. The van der Waals surface area contributed by atoms with Gasteiger partial charge >= 0.3 is 0 Å². The SMILES string of the molecule is CCCNC(=O)c1cc([N+](=O)[O-])ccc1F. The van der Waals surface area contributed by atoms with E-state index in [1.807, 2.05) is 6.92 Å². The lowest BCUT2D eigenvalue weighted by Gasteiger charge is -2.04. The van der Waals surface area contributed by atoms with Gasteiger partial charge in [-0.25, -0.2) is 4.39 Å². The summed E-state index contributed by atoms with van der Waals surface area (Å²) in [7, 11) is 0. The number of benzene rings is 1. The van der Waals surface area contributed by atoms with Crippen LogP contribution < -0.4 is 5.32 Å². The number of hydrogen-bond donors (Lipinski definition) is 1. The first kappa shape index (κ1) is 12.1. The molecule has 1 N–H and O–H groups in total. The van der Waals surface area contributed by atoms with Crippen LogP contribution in [0.2, 0.25) is 0 Å². The summed E-state index contributed by atoms with van der Waals surface area (Å²) in [5.41, 5.74) is -0.606. The summed E-state index contributed by atoms with van der Waals surface area (Å²) in [6.07, 6.45) is 0.711. The maximum atomic E-state index is 13.2. The average molecular weight is 226 g/mol. The molecule has 0 aliphatic rings. The minimum absolute atomic E-state index is 0.303. The number of nitro groups is 1. The number of carbonyl (C=O) groups is 1. The molecule has 0 saturated heterocycles. The Labute approximate surface area is 91.4 Å². The summed E-state index contributed by atoms with van der Waals surface area (Å²) < 4.78 is 13.2. The van der Waals surface area contributed by atoms with E-state index in [4.69, 9.17) is 0 Å². The molecule has 5 nitrogen and oxygen atoms in total. The van der Waals surface area contributed by atoms with Gasteiger partial charge in [-0.05, 0) is 12.5 Å². The van der Waals surface area contributed by atoms with Gasteiger partial charge in [0.2, 0.25) is 0 Å². The van der Waals surface area contributed by atoms with Crippen molar-refractivity contribution in [3.8, 4) is 0 Å². The molecule has 0 fully saturated rings. The number of amides is 1. The van der Waals surface area contributed by atoms with Crippen molar-refractivity contribution < 1.29 is 14.1 Å². The van der Waals surface area contributed by atoms with Crippen LogP contribution in [-0.4, -0.2) is 17.4 Å². The van der Waals surface area contributed by atoms with E-state index in [1.54, 1.807) is 0 Å². The summed E-state index contributed by atoms with van der Waals surface area (Å²) in [5.74, 6) is -1.40. The highest BCUT2D eigenvalue weighted by molar-refractivity contribution is 5.95. The van der Waals surface area contributed by atoms with Crippen molar-refractivity contribution in [1.29, 1.82) is 0 Å². The summed E-state index contributed by atoms with van der Waals surface area (Å²) in [4.78, 5) is 21.2. The monoisotopic (exact) mass is 226 g/mol. The van der Waals surface area contributed by atoms with Crippen LogP contribution in [0.1, 0.15) is 23.7 Å². The zero-order chi connectivity index (χ0) is 12.1. The van der Waals surface area contributed by atoms with E-state index in [0.717, 1.165) is 18.2 Å². The average Bonchev–Trinajstić information content (AvgIpc) is 2.26. The van der Waals surface area contributed by atoms with Gasteiger partial charge in [-0.15, -0.1) is 0 Å². The van der Waals surface area contributed by atoms with Crippen LogP contribution in [0.25, 0.3) is 0 Å². The topological polar surface area (TPSA) is 72.2 Å². The summed E-state index contributed by atoms with van der Waals surface area (Å²) >= 11 is 0. The molecule has 1 amide bonds. The number of nitrogens with zero attached hydrogens (tertiary/aromatic N) is 1. The summed E-state index contributed by atoms with van der Waals surface area (Å²) in [6, 6.07) is 2.87. The highest BCUT2D eigenvalue weighted by Crippen LogP contribution is 2.16. The highest BCUT2D eigenvalue weighted by Gasteiger charge is 2.16. The molecule has 0 heterocycles. The Bertz CT molecular complexity index is 421. The van der Waals surface area contributed by atoms with Gasteiger partial charge in [0.25, 0.3) is 11.6 Å². The van der Waals surface area contributed by atoms with Gasteiger partial charge in [0.1, 0.15) is 5.82 Å². The van der Waals surface area contributed by atoms with E-state index in [2.05, 4.69) is 5.32 Å². The molecule has 0 aliphatic heterocycles. The van der Waals surface area contributed by atoms with Crippen molar-refractivity contribution in [1.82, 2.24) is 5.32 Å². The Morgan fingerprint density at radius 2 is 2.25 bits per heavy atom. The first-order chi connectivity index (χ1) is 7.56. The molecule has 86 valence electrons. The number of non-ortho nitro benzene ring substituents is 1. The van der Waals surface area contributed by atoms with E-state index >= 15 is 0 Å². The van der Waals surface area contributed by atoms with Crippen molar-refractivity contribution >= 4 is 11.6 Å².